The molecule has 2 rings (SSSR count). The van der Waals surface area contributed by atoms with E-state index < -0.39 is 12.3 Å². The van der Waals surface area contributed by atoms with Crippen LogP contribution < -0.4 is 10.2 Å². The number of carbonyl (C=O) groups excluding carboxylic acids is 2. The van der Waals surface area contributed by atoms with Gasteiger partial charge in [-0.3, -0.25) is 0 Å². The molecule has 0 radical (unpaired) electrons. The van der Waals surface area contributed by atoms with Crippen molar-refractivity contribution in [3.05, 3.63) is 5.01 Å². The number of aromatic nitrogens is 2. The maximum atomic E-state index is 13.2. The van der Waals surface area contributed by atoms with Crippen molar-refractivity contribution in [3.63, 3.8) is 0 Å². The second kappa shape index (κ2) is 15.9. The lowest BCUT2D eigenvalue weighted by Gasteiger charge is -2.20. The molecule has 2 heterocycles. The van der Waals surface area contributed by atoms with Crippen LogP contribution >= 0.6 is 11.3 Å². The van der Waals surface area contributed by atoms with Gasteiger partial charge in [-0.1, -0.05) is 89.9 Å². The number of amides is 3. The van der Waals surface area contributed by atoms with Gasteiger partial charge in [0, 0.05) is 19.5 Å². The van der Waals surface area contributed by atoms with Crippen molar-refractivity contribution in [3.8, 4) is 0 Å². The molecule has 33 heavy (non-hydrogen) atoms. The van der Waals surface area contributed by atoms with E-state index in [4.69, 9.17) is 4.74 Å². The van der Waals surface area contributed by atoms with Gasteiger partial charge in [-0.15, -0.1) is 10.2 Å². The van der Waals surface area contributed by atoms with E-state index >= 15 is 0 Å². The Morgan fingerprint density at radius 3 is 2.33 bits per heavy atom. The molecule has 1 N–H and O–H groups in total. The third-order valence-electron chi connectivity index (χ3n) is 5.87. The summed E-state index contributed by atoms with van der Waals surface area (Å²) in [5.74, 6) is 0. The predicted octanol–water partition coefficient (Wildman–Crippen LogP) is 6.12. The Bertz CT molecular complexity index is 699. The lowest BCUT2D eigenvalue weighted by Crippen LogP contribution is -2.40. The molecule has 3 amide bonds. The van der Waals surface area contributed by atoms with Gasteiger partial charge in [0.05, 0.1) is 6.54 Å². The average molecular weight is 482 g/mol. The van der Waals surface area contributed by atoms with Gasteiger partial charge in [-0.2, -0.15) is 0 Å². The summed E-state index contributed by atoms with van der Waals surface area (Å²) in [6.07, 6.45) is 13.0. The second-order valence-corrected chi connectivity index (χ2v) is 9.84. The predicted molar refractivity (Wildman–Crippen MR) is 134 cm³/mol. The van der Waals surface area contributed by atoms with Crippen molar-refractivity contribution in [1.29, 1.82) is 0 Å². The molecule has 1 unspecified atom stereocenters. The summed E-state index contributed by atoms with van der Waals surface area (Å²) in [7, 11) is 0. The minimum Gasteiger partial charge on any atom is -0.423 e. The minimum atomic E-state index is -0.680. The highest BCUT2D eigenvalue weighted by atomic mass is 32.1. The first-order valence-electron chi connectivity index (χ1n) is 13.0. The van der Waals surface area contributed by atoms with Crippen LogP contribution in [0.25, 0.3) is 0 Å². The Morgan fingerprint density at radius 2 is 1.64 bits per heavy atom. The van der Waals surface area contributed by atoms with Crippen molar-refractivity contribution in [1.82, 2.24) is 20.4 Å². The van der Waals surface area contributed by atoms with Crippen molar-refractivity contribution in [2.24, 2.45) is 0 Å². The number of carbonyl (C=O) groups is 2. The molecule has 1 saturated heterocycles. The van der Waals surface area contributed by atoms with Gasteiger partial charge < -0.3 is 15.0 Å². The lowest BCUT2D eigenvalue weighted by atomic mass is 10.2. The molecule has 188 valence electrons. The zero-order valence-corrected chi connectivity index (χ0v) is 21.6. The van der Waals surface area contributed by atoms with E-state index in [9.17, 15) is 9.59 Å². The number of nitrogens with zero attached hydrogens (tertiary/aromatic N) is 4. The second-order valence-electron chi connectivity index (χ2n) is 8.80. The van der Waals surface area contributed by atoms with E-state index in [1.807, 2.05) is 0 Å². The van der Waals surface area contributed by atoms with Crippen LogP contribution in [0.3, 0.4) is 0 Å². The summed E-state index contributed by atoms with van der Waals surface area (Å²) < 4.78 is 5.69. The Labute approximate surface area is 203 Å². The number of alkyl carbamates (subject to hydrolysis) is 1. The quantitative estimate of drug-likeness (QED) is 0.271. The molecule has 8 nitrogen and oxygen atoms in total. The first-order valence-corrected chi connectivity index (χ1v) is 13.8. The molecular formula is C24H43N5O3S. The van der Waals surface area contributed by atoms with Gasteiger partial charge >= 0.3 is 12.1 Å². The fraction of sp³-hybridized carbons (Fsp3) is 0.833. The van der Waals surface area contributed by atoms with Gasteiger partial charge in [0.15, 0.2) is 0 Å². The molecule has 1 aliphatic heterocycles. The van der Waals surface area contributed by atoms with Gasteiger partial charge in [0.1, 0.15) is 5.01 Å². The van der Waals surface area contributed by atoms with E-state index in [-0.39, 0.29) is 6.03 Å². The third-order valence-corrected chi connectivity index (χ3v) is 6.85. The summed E-state index contributed by atoms with van der Waals surface area (Å²) in [6, 6.07) is -0.152. The largest absolute Gasteiger partial charge is 0.423 e. The molecule has 1 aliphatic rings. The Morgan fingerprint density at radius 1 is 0.970 bits per heavy atom. The van der Waals surface area contributed by atoms with Crippen molar-refractivity contribution in [2.75, 3.05) is 24.5 Å². The van der Waals surface area contributed by atoms with Crippen LogP contribution in [0, 0.1) is 0 Å². The van der Waals surface area contributed by atoms with E-state index in [0.717, 1.165) is 69.2 Å². The van der Waals surface area contributed by atoms with Gasteiger partial charge in [0.2, 0.25) is 11.4 Å². The van der Waals surface area contributed by atoms with Crippen molar-refractivity contribution < 1.29 is 14.3 Å². The summed E-state index contributed by atoms with van der Waals surface area (Å²) >= 11 is 1.43. The molecule has 0 aromatic carbocycles. The SMILES string of the molecule is CCCCCCNC(=O)OC1CN(CCCCCC)C(=O)N1c1nnc(CCCCCC)s1. The highest BCUT2D eigenvalue weighted by Crippen LogP contribution is 2.29. The standard InChI is InChI=1S/C24H43N5O3S/c1-4-7-10-13-16-20-26-27-22(33-20)29-21(32-23(30)25-17-14-11-8-5-2)19-28(24(29)31)18-15-12-9-6-3/h21H,4-19H2,1-3H3,(H,25,30). The summed E-state index contributed by atoms with van der Waals surface area (Å²) in [4.78, 5) is 28.9. The normalized spacial score (nSPS) is 16.0. The smallest absolute Gasteiger partial charge is 0.409 e. The first-order chi connectivity index (χ1) is 16.1. The molecule has 0 aliphatic carbocycles. The van der Waals surface area contributed by atoms with Crippen LogP contribution in [0.5, 0.6) is 0 Å². The molecule has 1 atom stereocenters. The number of ether oxygens (including phenoxy) is 1. The van der Waals surface area contributed by atoms with E-state index in [2.05, 4.69) is 36.3 Å². The van der Waals surface area contributed by atoms with Crippen LogP contribution in [0.4, 0.5) is 14.7 Å². The van der Waals surface area contributed by atoms with Gasteiger partial charge in [-0.25, -0.2) is 14.5 Å². The number of nitrogens with one attached hydrogen (secondary N) is 1. The van der Waals surface area contributed by atoms with Crippen molar-refractivity contribution in [2.45, 2.75) is 110 Å². The third kappa shape index (κ3) is 9.47. The molecule has 0 spiro atoms. The van der Waals surface area contributed by atoms with Gasteiger partial charge in [-0.05, 0) is 19.3 Å². The number of rotatable bonds is 17. The molecular weight excluding hydrogens is 438 g/mol. The molecule has 0 saturated carbocycles. The van der Waals surface area contributed by atoms with Crippen LogP contribution in [0.15, 0.2) is 0 Å². The molecule has 1 aromatic heterocycles. The minimum absolute atomic E-state index is 0.152. The summed E-state index contributed by atoms with van der Waals surface area (Å²) in [6.45, 7) is 8.13. The Kier molecular flexibility index (Phi) is 13.1. The maximum absolute atomic E-state index is 13.2. The molecule has 1 fully saturated rings. The number of hydrogen-bond acceptors (Lipinski definition) is 6. The fourth-order valence-corrected chi connectivity index (χ4v) is 4.80. The first kappa shape index (κ1) is 27.3. The Balaban J connectivity index is 1.98. The van der Waals surface area contributed by atoms with Crippen LogP contribution in [0.1, 0.15) is 103 Å². The molecule has 9 heteroatoms. The highest BCUT2D eigenvalue weighted by Gasteiger charge is 2.42. The Hall–Kier alpha value is -1.90. The van der Waals surface area contributed by atoms with Gasteiger partial charge in [0.25, 0.3) is 0 Å². The van der Waals surface area contributed by atoms with Crippen LogP contribution in [-0.2, 0) is 11.2 Å². The zero-order valence-electron chi connectivity index (χ0n) is 20.8. The zero-order chi connectivity index (χ0) is 23.9. The fourth-order valence-electron chi connectivity index (χ4n) is 3.89. The summed E-state index contributed by atoms with van der Waals surface area (Å²) in [5.41, 5.74) is 0. The number of hydrogen-bond donors (Lipinski definition) is 1. The van der Waals surface area contributed by atoms with Crippen molar-refractivity contribution >= 4 is 28.6 Å². The van der Waals surface area contributed by atoms with Crippen LogP contribution in [-0.4, -0.2) is 53.1 Å². The molecule has 1 aromatic rings. The number of aryl methyl sites for hydroxylation is 1. The average Bonchev–Trinajstić information content (AvgIpc) is 3.38. The van der Waals surface area contributed by atoms with E-state index in [1.165, 1.54) is 35.5 Å². The highest BCUT2D eigenvalue weighted by molar-refractivity contribution is 7.15. The van der Waals surface area contributed by atoms with Crippen LogP contribution in [0.2, 0.25) is 0 Å². The monoisotopic (exact) mass is 481 g/mol. The summed E-state index contributed by atoms with van der Waals surface area (Å²) in [5, 5.41) is 12.8. The molecule has 0 bridgehead atoms. The number of anilines is 1. The number of unbranched alkanes of at least 4 members (excludes halogenated alkanes) is 9. The lowest BCUT2D eigenvalue weighted by molar-refractivity contribution is 0.101. The topological polar surface area (TPSA) is 87.7 Å². The number of urea groups is 1. The van der Waals surface area contributed by atoms with E-state index in [1.54, 1.807) is 4.90 Å². The maximum Gasteiger partial charge on any atom is 0.409 e. The van der Waals surface area contributed by atoms with E-state index in [0.29, 0.717) is 24.8 Å².